The quantitative estimate of drug-likeness (QED) is 0.418. The Hall–Kier alpha value is -2.63. The lowest BCUT2D eigenvalue weighted by Crippen LogP contribution is -2.11. The minimum Gasteiger partial charge on any atom is -0.225 e. The van der Waals surface area contributed by atoms with Crippen LogP contribution in [0.1, 0.15) is 0 Å². The fourth-order valence-corrected chi connectivity index (χ4v) is 6.28. The topological polar surface area (TPSA) is 107 Å². The lowest BCUT2D eigenvalue weighted by Gasteiger charge is -2.04. The minimum absolute atomic E-state index is 0.0254. The molecule has 0 aliphatic carbocycles. The van der Waals surface area contributed by atoms with Gasteiger partial charge in [0.1, 0.15) is 5.82 Å². The smallest absolute Gasteiger partial charge is 0.225 e. The maximum atomic E-state index is 13.4. The summed E-state index contributed by atoms with van der Waals surface area (Å²) in [5.41, 5.74) is 1.35. The number of thiazole rings is 1. The van der Waals surface area contributed by atoms with Crippen molar-refractivity contribution in [3.05, 3.63) is 83.6 Å². The van der Waals surface area contributed by atoms with Gasteiger partial charge in [-0.05, 0) is 54.1 Å². The van der Waals surface area contributed by atoms with Crippen LogP contribution < -0.4 is 5.14 Å². The molecule has 0 amide bonds. The van der Waals surface area contributed by atoms with Gasteiger partial charge in [0.25, 0.3) is 0 Å². The molecule has 32 heavy (non-hydrogen) atoms. The number of nitrogens with zero attached hydrogens (tertiary/aromatic N) is 1. The molecule has 3 aromatic carbocycles. The number of halogens is 2. The zero-order valence-corrected chi connectivity index (χ0v) is 19.3. The standard InChI is InChI=1S/C21H14ClFN2O4S3/c22-15-5-11-17(12-6-15)31(26,27)21-25-19(13-3-9-18(10-4-13)32(24,28)29)20(30-21)14-1-7-16(23)8-2-14/h1-12H,(H2,24,28,29). The third-order valence-electron chi connectivity index (χ3n) is 4.52. The molecule has 0 saturated heterocycles. The van der Waals surface area contributed by atoms with Crippen molar-refractivity contribution in [2.45, 2.75) is 14.1 Å². The van der Waals surface area contributed by atoms with Crippen molar-refractivity contribution in [3.63, 3.8) is 0 Å². The first kappa shape index (κ1) is 22.6. The van der Waals surface area contributed by atoms with Crippen molar-refractivity contribution in [3.8, 4) is 21.7 Å². The Morgan fingerprint density at radius 3 is 1.88 bits per heavy atom. The molecule has 1 heterocycles. The molecule has 4 rings (SSSR count). The Bertz CT molecular complexity index is 1500. The summed E-state index contributed by atoms with van der Waals surface area (Å²) in [6, 6.07) is 16.9. The largest absolute Gasteiger partial charge is 0.238 e. The number of nitrogens with two attached hydrogens (primary N) is 1. The Kier molecular flexibility index (Phi) is 5.91. The van der Waals surface area contributed by atoms with Gasteiger partial charge in [0.2, 0.25) is 24.2 Å². The highest BCUT2D eigenvalue weighted by molar-refractivity contribution is 7.93. The van der Waals surface area contributed by atoms with Gasteiger partial charge < -0.3 is 0 Å². The van der Waals surface area contributed by atoms with Crippen molar-refractivity contribution >= 4 is 42.8 Å². The molecule has 0 bridgehead atoms. The maximum Gasteiger partial charge on any atom is 0.238 e. The molecule has 6 nitrogen and oxygen atoms in total. The summed E-state index contributed by atoms with van der Waals surface area (Å²) in [5.74, 6) is -0.439. The second kappa shape index (κ2) is 8.38. The maximum absolute atomic E-state index is 13.4. The van der Waals surface area contributed by atoms with Gasteiger partial charge in [-0.15, -0.1) is 11.3 Å². The van der Waals surface area contributed by atoms with E-state index in [0.29, 0.717) is 26.7 Å². The summed E-state index contributed by atoms with van der Waals surface area (Å²) < 4.78 is 62.7. The van der Waals surface area contributed by atoms with E-state index in [1.54, 1.807) is 0 Å². The Morgan fingerprint density at radius 2 is 1.31 bits per heavy atom. The third-order valence-corrected chi connectivity index (χ3v) is 8.96. The summed E-state index contributed by atoms with van der Waals surface area (Å²) in [4.78, 5) is 4.79. The van der Waals surface area contributed by atoms with Crippen LogP contribution in [0.2, 0.25) is 5.02 Å². The van der Waals surface area contributed by atoms with Gasteiger partial charge in [0.05, 0.1) is 20.4 Å². The van der Waals surface area contributed by atoms with Crippen LogP contribution in [0.25, 0.3) is 21.7 Å². The van der Waals surface area contributed by atoms with E-state index in [9.17, 15) is 21.2 Å². The Balaban J connectivity index is 1.89. The van der Waals surface area contributed by atoms with Gasteiger partial charge >= 0.3 is 0 Å². The molecule has 2 N–H and O–H groups in total. The summed E-state index contributed by atoms with van der Waals surface area (Å²) in [7, 11) is -7.85. The fourth-order valence-electron chi connectivity index (χ4n) is 2.93. The molecular weight excluding hydrogens is 495 g/mol. The summed E-state index contributed by atoms with van der Waals surface area (Å²) in [6.45, 7) is 0. The molecule has 0 spiro atoms. The Labute approximate surface area is 193 Å². The van der Waals surface area contributed by atoms with E-state index >= 15 is 0 Å². The molecule has 0 radical (unpaired) electrons. The average molecular weight is 509 g/mol. The van der Waals surface area contributed by atoms with Crippen LogP contribution in [0.15, 0.2) is 86.9 Å². The van der Waals surface area contributed by atoms with Gasteiger partial charge in [0.15, 0.2) is 0 Å². The molecule has 0 aliphatic rings. The lowest BCUT2D eigenvalue weighted by molar-refractivity contribution is 0.594. The zero-order chi connectivity index (χ0) is 23.1. The SMILES string of the molecule is NS(=O)(=O)c1ccc(-c2nc(S(=O)(=O)c3ccc(Cl)cc3)sc2-c2ccc(F)cc2)cc1. The number of benzene rings is 3. The van der Waals surface area contributed by atoms with Crippen LogP contribution in [0.3, 0.4) is 0 Å². The highest BCUT2D eigenvalue weighted by Crippen LogP contribution is 2.40. The monoisotopic (exact) mass is 508 g/mol. The molecule has 0 unspecified atom stereocenters. The fraction of sp³-hybridized carbons (Fsp3) is 0. The van der Waals surface area contributed by atoms with E-state index in [1.165, 1.54) is 72.8 Å². The van der Waals surface area contributed by atoms with E-state index in [1.807, 2.05) is 0 Å². The second-order valence-corrected chi connectivity index (χ2v) is 11.8. The van der Waals surface area contributed by atoms with Gasteiger partial charge in [0, 0.05) is 10.6 Å². The van der Waals surface area contributed by atoms with Gasteiger partial charge in [-0.1, -0.05) is 35.9 Å². The van der Waals surface area contributed by atoms with E-state index in [0.717, 1.165) is 11.3 Å². The van der Waals surface area contributed by atoms with Gasteiger partial charge in [-0.25, -0.2) is 31.3 Å². The van der Waals surface area contributed by atoms with E-state index in [-0.39, 0.29) is 14.1 Å². The van der Waals surface area contributed by atoms with Crippen LogP contribution >= 0.6 is 22.9 Å². The van der Waals surface area contributed by atoms with E-state index in [4.69, 9.17) is 16.7 Å². The second-order valence-electron chi connectivity index (χ2n) is 6.69. The van der Waals surface area contributed by atoms with Crippen molar-refractivity contribution in [1.29, 1.82) is 0 Å². The zero-order valence-electron chi connectivity index (χ0n) is 16.1. The highest BCUT2D eigenvalue weighted by atomic mass is 35.5. The number of hydrogen-bond acceptors (Lipinski definition) is 6. The van der Waals surface area contributed by atoms with Crippen LogP contribution in [-0.4, -0.2) is 21.8 Å². The summed E-state index contributed by atoms with van der Waals surface area (Å²) in [6.07, 6.45) is 0. The predicted molar refractivity (Wildman–Crippen MR) is 121 cm³/mol. The molecule has 0 aliphatic heterocycles. The lowest BCUT2D eigenvalue weighted by atomic mass is 10.1. The summed E-state index contributed by atoms with van der Waals surface area (Å²) in [5, 5.41) is 5.55. The van der Waals surface area contributed by atoms with Crippen LogP contribution in [0.5, 0.6) is 0 Å². The van der Waals surface area contributed by atoms with E-state index < -0.39 is 25.7 Å². The molecule has 0 atom stereocenters. The molecule has 11 heteroatoms. The molecule has 0 fully saturated rings. The highest BCUT2D eigenvalue weighted by Gasteiger charge is 2.26. The Morgan fingerprint density at radius 1 is 0.781 bits per heavy atom. The molecular formula is C21H14ClFN2O4S3. The number of aromatic nitrogens is 1. The first-order valence-corrected chi connectivity index (χ1v) is 13.2. The number of rotatable bonds is 5. The van der Waals surface area contributed by atoms with Crippen LogP contribution in [0.4, 0.5) is 4.39 Å². The van der Waals surface area contributed by atoms with Gasteiger partial charge in [-0.3, -0.25) is 0 Å². The van der Waals surface area contributed by atoms with Crippen LogP contribution in [-0.2, 0) is 19.9 Å². The third kappa shape index (κ3) is 4.45. The average Bonchev–Trinajstić information content (AvgIpc) is 3.20. The number of sulfonamides is 1. The van der Waals surface area contributed by atoms with E-state index in [2.05, 4.69) is 4.98 Å². The number of primary sulfonamides is 1. The minimum atomic E-state index is -3.95. The molecule has 164 valence electrons. The van der Waals surface area contributed by atoms with Crippen molar-refractivity contribution in [2.75, 3.05) is 0 Å². The first-order chi connectivity index (χ1) is 15.1. The normalized spacial score (nSPS) is 12.1. The number of sulfone groups is 1. The number of hydrogen-bond donors (Lipinski definition) is 1. The first-order valence-electron chi connectivity index (χ1n) is 8.96. The molecule has 4 aromatic rings. The van der Waals surface area contributed by atoms with Crippen molar-refractivity contribution < 1.29 is 21.2 Å². The van der Waals surface area contributed by atoms with Crippen molar-refractivity contribution in [1.82, 2.24) is 4.98 Å². The van der Waals surface area contributed by atoms with Crippen molar-refractivity contribution in [2.24, 2.45) is 5.14 Å². The van der Waals surface area contributed by atoms with Crippen LogP contribution in [0, 0.1) is 5.82 Å². The van der Waals surface area contributed by atoms with Gasteiger partial charge in [-0.2, -0.15) is 0 Å². The molecule has 1 aromatic heterocycles. The predicted octanol–water partition coefficient (Wildman–Crippen LogP) is 4.75. The summed E-state index contributed by atoms with van der Waals surface area (Å²) >= 11 is 6.80. The molecule has 0 saturated carbocycles.